The van der Waals surface area contributed by atoms with E-state index in [1.807, 2.05) is 6.92 Å². The zero-order valence-corrected chi connectivity index (χ0v) is 11.8. The minimum absolute atomic E-state index is 0.176. The highest BCUT2D eigenvalue weighted by molar-refractivity contribution is 5.36. The molecule has 1 aliphatic heterocycles. The average Bonchev–Trinajstić information content (AvgIpc) is 2.65. The van der Waals surface area contributed by atoms with Crippen molar-refractivity contribution in [2.45, 2.75) is 13.3 Å². The number of aliphatic hydroxyl groups excluding tert-OH is 1. The lowest BCUT2D eigenvalue weighted by molar-refractivity contribution is 0.204. The third-order valence-electron chi connectivity index (χ3n) is 3.18. The van der Waals surface area contributed by atoms with E-state index in [1.165, 1.54) is 0 Å². The molecule has 8 nitrogen and oxygen atoms in total. The highest BCUT2D eigenvalue weighted by Gasteiger charge is 2.18. The Morgan fingerprint density at radius 2 is 2.05 bits per heavy atom. The average molecular weight is 282 g/mol. The molecule has 0 saturated carbocycles. The van der Waals surface area contributed by atoms with Crippen LogP contribution in [0.15, 0.2) is 0 Å². The molecule has 1 aromatic rings. The molecular weight excluding hydrogens is 260 g/mol. The molecule has 2 rings (SSSR count). The number of aliphatic hydroxyl groups is 1. The maximum absolute atomic E-state index is 9.00. The molecule has 112 valence electrons. The Kier molecular flexibility index (Phi) is 5.31. The van der Waals surface area contributed by atoms with Gasteiger partial charge in [-0.2, -0.15) is 15.0 Å². The standard InChI is InChI=1S/C12H22N6O2/c1-2-20-12-15-10(13)14-11(16-12)18-5-3-4-17(6-7-18)8-9-19/h19H,2-9H2,1H3,(H2,13,14,15,16). The quantitative estimate of drug-likeness (QED) is 0.735. The smallest absolute Gasteiger partial charge is 0.323 e. The second-order valence-electron chi connectivity index (χ2n) is 4.62. The van der Waals surface area contributed by atoms with Crippen molar-refractivity contribution in [3.63, 3.8) is 0 Å². The van der Waals surface area contributed by atoms with Crippen LogP contribution in [0.5, 0.6) is 6.01 Å². The van der Waals surface area contributed by atoms with Crippen LogP contribution in [0.25, 0.3) is 0 Å². The predicted octanol–water partition coefficient (Wildman–Crippen LogP) is -0.643. The third kappa shape index (κ3) is 3.91. The minimum Gasteiger partial charge on any atom is -0.464 e. The van der Waals surface area contributed by atoms with Crippen LogP contribution in [-0.2, 0) is 0 Å². The van der Waals surface area contributed by atoms with Crippen LogP contribution in [-0.4, -0.2) is 70.9 Å². The highest BCUT2D eigenvalue weighted by Crippen LogP contribution is 2.15. The molecule has 0 amide bonds. The van der Waals surface area contributed by atoms with E-state index in [0.717, 1.165) is 32.6 Å². The molecule has 3 N–H and O–H groups in total. The Balaban J connectivity index is 2.07. The summed E-state index contributed by atoms with van der Waals surface area (Å²) in [6.45, 7) is 6.76. The molecule has 1 saturated heterocycles. The molecular formula is C12H22N6O2. The largest absolute Gasteiger partial charge is 0.464 e. The van der Waals surface area contributed by atoms with Crippen molar-refractivity contribution in [2.75, 3.05) is 56.6 Å². The van der Waals surface area contributed by atoms with Gasteiger partial charge in [-0.1, -0.05) is 0 Å². The highest BCUT2D eigenvalue weighted by atomic mass is 16.5. The van der Waals surface area contributed by atoms with Gasteiger partial charge in [0, 0.05) is 26.2 Å². The third-order valence-corrected chi connectivity index (χ3v) is 3.18. The number of hydrogen-bond donors (Lipinski definition) is 2. The van der Waals surface area contributed by atoms with Crippen molar-refractivity contribution in [1.29, 1.82) is 0 Å². The molecule has 1 aromatic heterocycles. The second kappa shape index (κ2) is 7.20. The topological polar surface area (TPSA) is 101 Å². The van der Waals surface area contributed by atoms with Gasteiger partial charge in [0.1, 0.15) is 0 Å². The number of nitrogens with zero attached hydrogens (tertiary/aromatic N) is 5. The molecule has 1 fully saturated rings. The summed E-state index contributed by atoms with van der Waals surface area (Å²) in [5.74, 6) is 0.738. The molecule has 8 heteroatoms. The van der Waals surface area contributed by atoms with Crippen molar-refractivity contribution in [2.24, 2.45) is 0 Å². The summed E-state index contributed by atoms with van der Waals surface area (Å²) in [6.07, 6.45) is 0.996. The SMILES string of the molecule is CCOc1nc(N)nc(N2CCCN(CCO)CC2)n1. The number of nitrogen functional groups attached to an aromatic ring is 1. The monoisotopic (exact) mass is 282 g/mol. The van der Waals surface area contributed by atoms with Gasteiger partial charge in [-0.3, -0.25) is 4.90 Å². The first-order valence-electron chi connectivity index (χ1n) is 6.95. The van der Waals surface area contributed by atoms with Gasteiger partial charge in [-0.25, -0.2) is 0 Å². The zero-order chi connectivity index (χ0) is 14.4. The minimum atomic E-state index is 0.176. The van der Waals surface area contributed by atoms with Crippen LogP contribution in [0.2, 0.25) is 0 Å². The number of β-amino-alcohol motifs (C(OH)–C–C–N with tert-alkyl or cyclic N) is 1. The second-order valence-corrected chi connectivity index (χ2v) is 4.62. The summed E-state index contributed by atoms with van der Waals surface area (Å²) >= 11 is 0. The summed E-state index contributed by atoms with van der Waals surface area (Å²) in [6, 6.07) is 0.270. The Morgan fingerprint density at radius 3 is 2.80 bits per heavy atom. The van der Waals surface area contributed by atoms with Gasteiger partial charge in [-0.05, 0) is 19.9 Å². The van der Waals surface area contributed by atoms with E-state index < -0.39 is 0 Å². The summed E-state index contributed by atoms with van der Waals surface area (Å²) in [7, 11) is 0. The van der Waals surface area contributed by atoms with Crippen molar-refractivity contribution in [3.8, 4) is 6.01 Å². The summed E-state index contributed by atoms with van der Waals surface area (Å²) < 4.78 is 5.30. The Morgan fingerprint density at radius 1 is 1.20 bits per heavy atom. The van der Waals surface area contributed by atoms with Crippen LogP contribution in [0.4, 0.5) is 11.9 Å². The molecule has 0 radical (unpaired) electrons. The van der Waals surface area contributed by atoms with Gasteiger partial charge in [0.2, 0.25) is 11.9 Å². The summed E-state index contributed by atoms with van der Waals surface area (Å²) in [4.78, 5) is 16.7. The molecule has 0 bridgehead atoms. The van der Waals surface area contributed by atoms with Gasteiger partial charge in [0.15, 0.2) is 0 Å². The van der Waals surface area contributed by atoms with Gasteiger partial charge >= 0.3 is 6.01 Å². The molecule has 1 aliphatic rings. The van der Waals surface area contributed by atoms with Gasteiger partial charge in [0.05, 0.1) is 13.2 Å². The van der Waals surface area contributed by atoms with E-state index >= 15 is 0 Å². The van der Waals surface area contributed by atoms with Crippen LogP contribution in [0.1, 0.15) is 13.3 Å². The molecule has 0 aromatic carbocycles. The Labute approximate surface area is 118 Å². The first-order chi connectivity index (χ1) is 9.72. The molecule has 0 spiro atoms. The van der Waals surface area contributed by atoms with Gasteiger partial charge in [-0.15, -0.1) is 0 Å². The number of anilines is 2. The fraction of sp³-hybridized carbons (Fsp3) is 0.750. The molecule has 2 heterocycles. The van der Waals surface area contributed by atoms with E-state index in [-0.39, 0.29) is 18.6 Å². The lowest BCUT2D eigenvalue weighted by atomic mass is 10.4. The van der Waals surface area contributed by atoms with E-state index in [0.29, 0.717) is 19.1 Å². The lowest BCUT2D eigenvalue weighted by Gasteiger charge is -2.21. The van der Waals surface area contributed by atoms with Crippen molar-refractivity contribution in [1.82, 2.24) is 19.9 Å². The first-order valence-corrected chi connectivity index (χ1v) is 6.95. The molecule has 0 atom stereocenters. The van der Waals surface area contributed by atoms with E-state index in [9.17, 15) is 0 Å². The number of aromatic nitrogens is 3. The van der Waals surface area contributed by atoms with Crippen LogP contribution in [0, 0.1) is 0 Å². The summed E-state index contributed by atoms with van der Waals surface area (Å²) in [5, 5.41) is 9.00. The Hall–Kier alpha value is -1.67. The van der Waals surface area contributed by atoms with Gasteiger partial charge in [0.25, 0.3) is 0 Å². The van der Waals surface area contributed by atoms with Crippen molar-refractivity contribution in [3.05, 3.63) is 0 Å². The summed E-state index contributed by atoms with van der Waals surface area (Å²) in [5.41, 5.74) is 5.70. The van der Waals surface area contributed by atoms with E-state index in [4.69, 9.17) is 15.6 Å². The zero-order valence-electron chi connectivity index (χ0n) is 11.8. The number of hydrogen-bond acceptors (Lipinski definition) is 8. The Bertz CT molecular complexity index is 430. The fourth-order valence-corrected chi connectivity index (χ4v) is 2.23. The molecule has 20 heavy (non-hydrogen) atoms. The van der Waals surface area contributed by atoms with Crippen LogP contribution >= 0.6 is 0 Å². The fourth-order valence-electron chi connectivity index (χ4n) is 2.23. The predicted molar refractivity (Wildman–Crippen MR) is 75.8 cm³/mol. The normalized spacial score (nSPS) is 17.0. The van der Waals surface area contributed by atoms with Crippen LogP contribution in [0.3, 0.4) is 0 Å². The number of rotatable bonds is 5. The number of nitrogens with two attached hydrogens (primary N) is 1. The maximum atomic E-state index is 9.00. The van der Waals surface area contributed by atoms with Crippen molar-refractivity contribution >= 4 is 11.9 Å². The van der Waals surface area contributed by atoms with E-state index in [1.54, 1.807) is 0 Å². The van der Waals surface area contributed by atoms with Gasteiger partial charge < -0.3 is 20.5 Å². The maximum Gasteiger partial charge on any atom is 0.323 e. The van der Waals surface area contributed by atoms with Crippen LogP contribution < -0.4 is 15.4 Å². The van der Waals surface area contributed by atoms with E-state index in [2.05, 4.69) is 24.8 Å². The number of ether oxygens (including phenoxy) is 1. The molecule has 0 aliphatic carbocycles. The lowest BCUT2D eigenvalue weighted by Crippen LogP contribution is -2.33. The molecule has 0 unspecified atom stereocenters. The van der Waals surface area contributed by atoms with Crippen molar-refractivity contribution < 1.29 is 9.84 Å². The first kappa shape index (κ1) is 14.7.